The molecule has 1 fully saturated rings. The number of nitrogens with zero attached hydrogens (tertiary/aromatic N) is 2. The summed E-state index contributed by atoms with van der Waals surface area (Å²) in [5, 5.41) is 3.65. The summed E-state index contributed by atoms with van der Waals surface area (Å²) in [5.41, 5.74) is 0.413. The van der Waals surface area contributed by atoms with Crippen molar-refractivity contribution < 1.29 is 0 Å². The molecule has 2 heterocycles. The number of rotatable bonds is 3. The van der Waals surface area contributed by atoms with Gasteiger partial charge in [-0.25, -0.2) is 4.98 Å². The van der Waals surface area contributed by atoms with Crippen molar-refractivity contribution in [2.24, 2.45) is 12.5 Å². The highest BCUT2D eigenvalue weighted by Crippen LogP contribution is 2.34. The molecular weight excluding hydrogens is 218 g/mol. The highest BCUT2D eigenvalue weighted by molar-refractivity contribution is 7.99. The minimum atomic E-state index is 0.413. The monoisotopic (exact) mass is 239 g/mol. The quantitative estimate of drug-likeness (QED) is 0.875. The molecule has 1 unspecified atom stereocenters. The molecule has 1 aromatic rings. The van der Waals surface area contributed by atoms with Crippen LogP contribution >= 0.6 is 11.8 Å². The van der Waals surface area contributed by atoms with E-state index >= 15 is 0 Å². The molecular formula is C12H21N3S. The maximum Gasteiger partial charge on any atom is 0.122 e. The smallest absolute Gasteiger partial charge is 0.122 e. The molecule has 0 aliphatic carbocycles. The number of hydrogen-bond donors (Lipinski definition) is 1. The lowest BCUT2D eigenvalue weighted by molar-refractivity contribution is 0.243. The van der Waals surface area contributed by atoms with Crippen LogP contribution in [0.15, 0.2) is 12.4 Å². The van der Waals surface area contributed by atoms with Crippen molar-refractivity contribution in [3.63, 3.8) is 0 Å². The number of nitrogens with one attached hydrogen (secondary N) is 1. The zero-order valence-electron chi connectivity index (χ0n) is 10.4. The van der Waals surface area contributed by atoms with Crippen LogP contribution in [-0.4, -0.2) is 27.1 Å². The van der Waals surface area contributed by atoms with Crippen LogP contribution in [0.25, 0.3) is 0 Å². The normalized spacial score (nSPS) is 24.6. The zero-order chi connectivity index (χ0) is 11.6. The molecule has 2 rings (SSSR count). The van der Waals surface area contributed by atoms with Gasteiger partial charge in [0.2, 0.25) is 0 Å². The van der Waals surface area contributed by atoms with Gasteiger partial charge in [0.1, 0.15) is 5.82 Å². The van der Waals surface area contributed by atoms with Crippen LogP contribution in [-0.2, 0) is 13.6 Å². The van der Waals surface area contributed by atoms with Crippen LogP contribution in [0.2, 0.25) is 0 Å². The van der Waals surface area contributed by atoms with Gasteiger partial charge in [-0.3, -0.25) is 0 Å². The van der Waals surface area contributed by atoms with Crippen molar-refractivity contribution in [1.29, 1.82) is 0 Å². The largest absolute Gasteiger partial charge is 0.337 e. The summed E-state index contributed by atoms with van der Waals surface area (Å²) in [4.78, 5) is 4.34. The van der Waals surface area contributed by atoms with Gasteiger partial charge in [0.15, 0.2) is 0 Å². The van der Waals surface area contributed by atoms with Crippen LogP contribution in [0, 0.1) is 5.41 Å². The van der Waals surface area contributed by atoms with Gasteiger partial charge in [0.25, 0.3) is 0 Å². The number of aromatic nitrogens is 2. The molecule has 4 heteroatoms. The fourth-order valence-electron chi connectivity index (χ4n) is 2.05. The van der Waals surface area contributed by atoms with Gasteiger partial charge >= 0.3 is 0 Å². The van der Waals surface area contributed by atoms with E-state index in [1.165, 1.54) is 17.9 Å². The number of aryl methyl sites for hydroxylation is 1. The van der Waals surface area contributed by atoms with Crippen LogP contribution < -0.4 is 5.32 Å². The first-order chi connectivity index (χ1) is 7.59. The van der Waals surface area contributed by atoms with Crippen molar-refractivity contribution in [1.82, 2.24) is 14.9 Å². The van der Waals surface area contributed by atoms with E-state index in [4.69, 9.17) is 0 Å². The Hall–Kier alpha value is -0.480. The molecule has 0 radical (unpaired) electrons. The first kappa shape index (κ1) is 12.0. The van der Waals surface area contributed by atoms with E-state index in [1.54, 1.807) is 0 Å². The molecule has 3 nitrogen and oxygen atoms in total. The molecule has 1 aliphatic heterocycles. The molecule has 1 aliphatic rings. The van der Waals surface area contributed by atoms with E-state index in [1.807, 2.05) is 19.4 Å². The van der Waals surface area contributed by atoms with Crippen molar-refractivity contribution >= 4 is 11.8 Å². The minimum absolute atomic E-state index is 0.413. The van der Waals surface area contributed by atoms with Crippen LogP contribution in [0.3, 0.4) is 0 Å². The van der Waals surface area contributed by atoms with Crippen molar-refractivity contribution in [3.8, 4) is 0 Å². The highest BCUT2D eigenvalue weighted by atomic mass is 32.2. The molecule has 0 aromatic carbocycles. The Kier molecular flexibility index (Phi) is 3.60. The van der Waals surface area contributed by atoms with Crippen molar-refractivity contribution in [2.45, 2.75) is 32.9 Å². The van der Waals surface area contributed by atoms with E-state index in [-0.39, 0.29) is 0 Å². The lowest BCUT2D eigenvalue weighted by atomic mass is 9.82. The van der Waals surface area contributed by atoms with Gasteiger partial charge in [0, 0.05) is 31.2 Å². The molecule has 0 bridgehead atoms. The molecule has 90 valence electrons. The molecule has 0 spiro atoms. The Bertz CT molecular complexity index is 346. The Morgan fingerprint density at radius 1 is 1.62 bits per heavy atom. The van der Waals surface area contributed by atoms with Gasteiger partial charge < -0.3 is 9.88 Å². The molecule has 0 amide bonds. The summed E-state index contributed by atoms with van der Waals surface area (Å²) in [5.74, 6) is 3.64. The Balaban J connectivity index is 1.92. The van der Waals surface area contributed by atoms with Gasteiger partial charge in [0.05, 0.1) is 6.54 Å². The topological polar surface area (TPSA) is 29.9 Å². The van der Waals surface area contributed by atoms with E-state index in [9.17, 15) is 0 Å². The maximum atomic E-state index is 4.34. The van der Waals surface area contributed by atoms with Crippen LogP contribution in [0.4, 0.5) is 0 Å². The predicted molar refractivity (Wildman–Crippen MR) is 69.6 cm³/mol. The lowest BCUT2D eigenvalue weighted by Gasteiger charge is -2.38. The van der Waals surface area contributed by atoms with Crippen LogP contribution in [0.1, 0.15) is 26.1 Å². The second kappa shape index (κ2) is 4.80. The molecule has 1 aromatic heterocycles. The Morgan fingerprint density at radius 3 is 3.06 bits per heavy atom. The Labute approximate surface area is 102 Å². The summed E-state index contributed by atoms with van der Waals surface area (Å²) < 4.78 is 2.08. The van der Waals surface area contributed by atoms with E-state index in [0.717, 1.165) is 12.4 Å². The molecule has 1 N–H and O–H groups in total. The van der Waals surface area contributed by atoms with E-state index in [0.29, 0.717) is 11.5 Å². The molecule has 16 heavy (non-hydrogen) atoms. The summed E-state index contributed by atoms with van der Waals surface area (Å²) >= 11 is 2.06. The first-order valence-electron chi connectivity index (χ1n) is 5.87. The summed E-state index contributed by atoms with van der Waals surface area (Å²) in [6.07, 6.45) is 5.16. The minimum Gasteiger partial charge on any atom is -0.337 e. The van der Waals surface area contributed by atoms with E-state index in [2.05, 4.69) is 40.5 Å². The third-order valence-electron chi connectivity index (χ3n) is 3.55. The van der Waals surface area contributed by atoms with Gasteiger partial charge in [-0.15, -0.1) is 0 Å². The lowest BCUT2D eigenvalue weighted by Crippen LogP contribution is -2.46. The SMILES string of the molecule is Cn1ccnc1CNC1CSCCC1(C)C. The fraction of sp³-hybridized carbons (Fsp3) is 0.750. The van der Waals surface area contributed by atoms with Crippen LogP contribution in [0.5, 0.6) is 0 Å². The maximum absolute atomic E-state index is 4.34. The third kappa shape index (κ3) is 2.61. The summed E-state index contributed by atoms with van der Waals surface area (Å²) in [6.45, 7) is 5.60. The van der Waals surface area contributed by atoms with E-state index < -0.39 is 0 Å². The average Bonchev–Trinajstić information content (AvgIpc) is 2.62. The van der Waals surface area contributed by atoms with Gasteiger partial charge in [-0.05, 0) is 17.6 Å². The number of thioether (sulfide) groups is 1. The standard InChI is InChI=1S/C12H21N3S/c1-12(2)4-7-16-9-10(12)14-8-11-13-5-6-15(11)3/h5-6,10,14H,4,7-9H2,1-3H3. The number of hydrogen-bond acceptors (Lipinski definition) is 3. The number of imidazole rings is 1. The summed E-state index contributed by atoms with van der Waals surface area (Å²) in [6, 6.07) is 0.600. The second-order valence-corrected chi connectivity index (χ2v) is 6.35. The molecule has 1 atom stereocenters. The Morgan fingerprint density at radius 2 is 2.44 bits per heavy atom. The van der Waals surface area contributed by atoms with Gasteiger partial charge in [-0.2, -0.15) is 11.8 Å². The average molecular weight is 239 g/mol. The fourth-order valence-corrected chi connectivity index (χ4v) is 3.69. The first-order valence-corrected chi connectivity index (χ1v) is 7.02. The highest BCUT2D eigenvalue weighted by Gasteiger charge is 2.32. The summed E-state index contributed by atoms with van der Waals surface area (Å²) in [7, 11) is 2.05. The van der Waals surface area contributed by atoms with Crippen molar-refractivity contribution in [3.05, 3.63) is 18.2 Å². The second-order valence-electron chi connectivity index (χ2n) is 5.20. The molecule has 0 saturated carbocycles. The van der Waals surface area contributed by atoms with Gasteiger partial charge in [-0.1, -0.05) is 13.8 Å². The van der Waals surface area contributed by atoms with Crippen molar-refractivity contribution in [2.75, 3.05) is 11.5 Å². The third-order valence-corrected chi connectivity index (χ3v) is 4.61. The zero-order valence-corrected chi connectivity index (χ0v) is 11.2. The molecule has 1 saturated heterocycles. The predicted octanol–water partition coefficient (Wildman–Crippen LogP) is 2.04.